The van der Waals surface area contributed by atoms with Crippen LogP contribution in [-0.2, 0) is 13.1 Å². The molecule has 1 N–H and O–H groups in total. The van der Waals surface area contributed by atoms with Crippen molar-refractivity contribution in [1.82, 2.24) is 14.8 Å². The SMILES string of the molecule is CC(=O)c1cccc(NC(=O)N(Cc2cccnc2)C2CCN(Cc3ccccc3OC(F)F)CC2)c1. The number of nitrogens with one attached hydrogen (secondary N) is 1. The van der Waals surface area contributed by atoms with Crippen LogP contribution >= 0.6 is 0 Å². The fourth-order valence-electron chi connectivity index (χ4n) is 4.54. The molecule has 2 amide bonds. The molecule has 1 saturated heterocycles. The van der Waals surface area contributed by atoms with Gasteiger partial charge in [0.15, 0.2) is 5.78 Å². The van der Waals surface area contributed by atoms with E-state index < -0.39 is 6.61 Å². The molecule has 1 fully saturated rings. The van der Waals surface area contributed by atoms with Gasteiger partial charge in [-0.1, -0.05) is 36.4 Å². The summed E-state index contributed by atoms with van der Waals surface area (Å²) in [5, 5.41) is 2.94. The van der Waals surface area contributed by atoms with E-state index in [4.69, 9.17) is 0 Å². The number of carbonyl (C=O) groups excluding carboxylic acids is 2. The van der Waals surface area contributed by atoms with Crippen LogP contribution < -0.4 is 10.1 Å². The van der Waals surface area contributed by atoms with E-state index in [1.165, 1.54) is 6.92 Å². The molecule has 0 spiro atoms. The minimum Gasteiger partial charge on any atom is -0.434 e. The van der Waals surface area contributed by atoms with Gasteiger partial charge in [0.1, 0.15) is 5.75 Å². The Kier molecular flexibility index (Phi) is 8.79. The lowest BCUT2D eigenvalue weighted by molar-refractivity contribution is -0.0508. The number of hydrogen-bond acceptors (Lipinski definition) is 5. The fourth-order valence-corrected chi connectivity index (χ4v) is 4.54. The predicted octanol–water partition coefficient (Wildman–Crippen LogP) is 5.58. The number of alkyl halides is 2. The Labute approximate surface area is 215 Å². The summed E-state index contributed by atoms with van der Waals surface area (Å²) in [4.78, 5) is 33.4. The van der Waals surface area contributed by atoms with Crippen molar-refractivity contribution in [3.05, 3.63) is 89.7 Å². The lowest BCUT2D eigenvalue weighted by Gasteiger charge is -2.38. The zero-order valence-corrected chi connectivity index (χ0v) is 20.6. The Hall–Kier alpha value is -3.85. The quantitative estimate of drug-likeness (QED) is 0.382. The molecule has 1 aliphatic heterocycles. The van der Waals surface area contributed by atoms with E-state index in [9.17, 15) is 18.4 Å². The highest BCUT2D eigenvalue weighted by atomic mass is 19.3. The van der Waals surface area contributed by atoms with E-state index in [0.29, 0.717) is 43.0 Å². The molecule has 0 bridgehead atoms. The lowest BCUT2D eigenvalue weighted by atomic mass is 10.0. The van der Waals surface area contributed by atoms with E-state index >= 15 is 0 Å². The third-order valence-electron chi connectivity index (χ3n) is 6.44. The largest absolute Gasteiger partial charge is 0.434 e. The van der Waals surface area contributed by atoms with E-state index in [-0.39, 0.29) is 23.6 Å². The van der Waals surface area contributed by atoms with Crippen molar-refractivity contribution in [1.29, 1.82) is 0 Å². The van der Waals surface area contributed by atoms with Crippen molar-refractivity contribution in [2.45, 2.75) is 45.5 Å². The van der Waals surface area contributed by atoms with Crippen molar-refractivity contribution in [2.24, 2.45) is 0 Å². The zero-order valence-electron chi connectivity index (χ0n) is 20.6. The first-order chi connectivity index (χ1) is 17.9. The highest BCUT2D eigenvalue weighted by Gasteiger charge is 2.29. The number of rotatable bonds is 9. The second-order valence-electron chi connectivity index (χ2n) is 9.05. The summed E-state index contributed by atoms with van der Waals surface area (Å²) in [5.74, 6) is 0.112. The zero-order chi connectivity index (χ0) is 26.2. The molecule has 9 heteroatoms. The van der Waals surface area contributed by atoms with Crippen LogP contribution in [0.5, 0.6) is 5.75 Å². The smallest absolute Gasteiger partial charge is 0.387 e. The number of piperidine rings is 1. The normalized spacial score (nSPS) is 14.4. The number of nitrogens with zero attached hydrogens (tertiary/aromatic N) is 3. The number of pyridine rings is 1. The second-order valence-corrected chi connectivity index (χ2v) is 9.05. The highest BCUT2D eigenvalue weighted by Crippen LogP contribution is 2.26. The number of carbonyl (C=O) groups is 2. The first-order valence-electron chi connectivity index (χ1n) is 12.2. The minimum absolute atomic E-state index is 0.0278. The van der Waals surface area contributed by atoms with Crippen LogP contribution in [0.25, 0.3) is 0 Å². The van der Waals surface area contributed by atoms with Crippen molar-refractivity contribution < 1.29 is 23.1 Å². The van der Waals surface area contributed by atoms with Gasteiger partial charge in [0.2, 0.25) is 0 Å². The summed E-state index contributed by atoms with van der Waals surface area (Å²) < 4.78 is 30.3. The third-order valence-corrected chi connectivity index (χ3v) is 6.44. The molecule has 0 unspecified atom stereocenters. The van der Waals surface area contributed by atoms with Crippen molar-refractivity contribution in [3.8, 4) is 5.75 Å². The molecule has 37 heavy (non-hydrogen) atoms. The number of hydrogen-bond donors (Lipinski definition) is 1. The lowest BCUT2D eigenvalue weighted by Crippen LogP contribution is -2.48. The number of benzene rings is 2. The average Bonchev–Trinajstić information content (AvgIpc) is 2.89. The van der Waals surface area contributed by atoms with Gasteiger partial charge < -0.3 is 15.0 Å². The Bertz CT molecular complexity index is 1200. The number of Topliss-reactive ketones (excluding diaryl/α,β-unsaturated/α-hetero) is 1. The van der Waals surface area contributed by atoms with Gasteiger partial charge in [0, 0.05) is 61.4 Å². The Balaban J connectivity index is 1.44. The molecule has 1 aliphatic rings. The Morgan fingerprint density at radius 3 is 2.59 bits per heavy atom. The van der Waals surface area contributed by atoms with Crippen LogP contribution in [0.15, 0.2) is 73.1 Å². The topological polar surface area (TPSA) is 74.8 Å². The first-order valence-corrected chi connectivity index (χ1v) is 12.2. The van der Waals surface area contributed by atoms with E-state index in [0.717, 1.165) is 18.4 Å². The van der Waals surface area contributed by atoms with E-state index in [1.807, 2.05) is 23.1 Å². The van der Waals surface area contributed by atoms with Gasteiger partial charge in [-0.05, 0) is 49.6 Å². The van der Waals surface area contributed by atoms with Crippen LogP contribution in [0.3, 0.4) is 0 Å². The maximum atomic E-state index is 13.4. The predicted molar refractivity (Wildman–Crippen MR) is 137 cm³/mol. The van der Waals surface area contributed by atoms with Crippen LogP contribution in [0.4, 0.5) is 19.3 Å². The third kappa shape index (κ3) is 7.33. The Morgan fingerprint density at radius 1 is 1.11 bits per heavy atom. The number of urea groups is 1. The molecule has 7 nitrogen and oxygen atoms in total. The van der Waals surface area contributed by atoms with E-state index in [1.54, 1.807) is 54.9 Å². The van der Waals surface area contributed by atoms with Crippen molar-refractivity contribution in [3.63, 3.8) is 0 Å². The maximum absolute atomic E-state index is 13.4. The molecule has 0 aliphatic carbocycles. The van der Waals surface area contributed by atoms with Crippen molar-refractivity contribution >= 4 is 17.5 Å². The molecule has 194 valence electrons. The maximum Gasteiger partial charge on any atom is 0.387 e. The van der Waals surface area contributed by atoms with Gasteiger partial charge >= 0.3 is 12.6 Å². The average molecular weight is 509 g/mol. The molecule has 0 radical (unpaired) electrons. The van der Waals surface area contributed by atoms with Gasteiger partial charge in [-0.25, -0.2) is 4.79 Å². The highest BCUT2D eigenvalue weighted by molar-refractivity contribution is 5.96. The standard InChI is InChI=1S/C28H30F2N4O3/c1-20(35)22-8-4-9-24(16-22)32-28(36)34(18-21-6-5-13-31-17-21)25-11-14-33(15-12-25)19-23-7-2-3-10-26(23)37-27(29)30/h2-10,13,16-17,25,27H,11-12,14-15,18-19H2,1H3,(H,32,36). The molecule has 0 saturated carbocycles. The molecule has 0 atom stereocenters. The molecule has 2 aromatic carbocycles. The molecule has 1 aromatic heterocycles. The number of amides is 2. The van der Waals surface area contributed by atoms with Crippen LogP contribution in [0.1, 0.15) is 41.3 Å². The Morgan fingerprint density at radius 2 is 1.89 bits per heavy atom. The van der Waals surface area contributed by atoms with Gasteiger partial charge in [0.05, 0.1) is 0 Å². The summed E-state index contributed by atoms with van der Waals surface area (Å²) in [6.45, 7) is 0.891. The number of aromatic nitrogens is 1. The summed E-state index contributed by atoms with van der Waals surface area (Å²) in [6.07, 6.45) is 4.87. The molecule has 3 aromatic rings. The molecule has 2 heterocycles. The van der Waals surface area contributed by atoms with E-state index in [2.05, 4.69) is 19.9 Å². The minimum atomic E-state index is -2.87. The molecular weight excluding hydrogens is 478 g/mol. The number of halogens is 2. The summed E-state index contributed by atoms with van der Waals surface area (Å²) in [7, 11) is 0. The van der Waals surface area contributed by atoms with Gasteiger partial charge in [-0.2, -0.15) is 8.78 Å². The van der Waals surface area contributed by atoms with Gasteiger partial charge in [-0.3, -0.25) is 14.7 Å². The van der Waals surface area contributed by atoms with Crippen LogP contribution in [0, 0.1) is 0 Å². The fraction of sp³-hybridized carbons (Fsp3) is 0.321. The summed E-state index contributed by atoms with van der Waals surface area (Å²) in [6, 6.07) is 17.2. The number of likely N-dealkylation sites (tertiary alicyclic amines) is 1. The number of ketones is 1. The summed E-state index contributed by atoms with van der Waals surface area (Å²) in [5.41, 5.74) is 2.70. The number of para-hydroxylation sites is 1. The monoisotopic (exact) mass is 508 g/mol. The number of anilines is 1. The number of ether oxygens (including phenoxy) is 1. The second kappa shape index (κ2) is 12.4. The van der Waals surface area contributed by atoms with Crippen LogP contribution in [-0.4, -0.2) is 52.3 Å². The summed E-state index contributed by atoms with van der Waals surface area (Å²) >= 11 is 0. The van der Waals surface area contributed by atoms with Crippen LogP contribution in [0.2, 0.25) is 0 Å². The molecule has 4 rings (SSSR count). The first kappa shape index (κ1) is 26.2. The van der Waals surface area contributed by atoms with Gasteiger partial charge in [0.25, 0.3) is 0 Å². The van der Waals surface area contributed by atoms with Crippen molar-refractivity contribution in [2.75, 3.05) is 18.4 Å². The van der Waals surface area contributed by atoms with Gasteiger partial charge in [-0.15, -0.1) is 0 Å². The molecular formula is C28H30F2N4O3.